The third-order valence-electron chi connectivity index (χ3n) is 3.90. The van der Waals surface area contributed by atoms with E-state index in [0.717, 1.165) is 29.5 Å². The van der Waals surface area contributed by atoms with Crippen molar-refractivity contribution in [2.75, 3.05) is 14.2 Å². The first-order valence-electron chi connectivity index (χ1n) is 8.40. The van der Waals surface area contributed by atoms with E-state index in [1.165, 1.54) is 19.8 Å². The molecule has 0 radical (unpaired) electrons. The van der Waals surface area contributed by atoms with Gasteiger partial charge in [-0.05, 0) is 35.2 Å². The summed E-state index contributed by atoms with van der Waals surface area (Å²) >= 11 is 0. The van der Waals surface area contributed by atoms with Crippen LogP contribution in [0.4, 0.5) is 0 Å². The van der Waals surface area contributed by atoms with Crippen LogP contribution in [0, 0.1) is 11.8 Å². The smallest absolute Gasteiger partial charge is 0.309 e. The predicted molar refractivity (Wildman–Crippen MR) is 99.5 cm³/mol. The molecule has 26 heavy (non-hydrogen) atoms. The highest BCUT2D eigenvalue weighted by Crippen LogP contribution is 2.08. The second-order valence-electron chi connectivity index (χ2n) is 5.82. The summed E-state index contributed by atoms with van der Waals surface area (Å²) in [5.41, 5.74) is 3.96. The van der Waals surface area contributed by atoms with Gasteiger partial charge >= 0.3 is 11.9 Å². The Hall–Kier alpha value is -3.06. The summed E-state index contributed by atoms with van der Waals surface area (Å²) in [6.45, 7) is 0. The van der Waals surface area contributed by atoms with Gasteiger partial charge in [0, 0.05) is 12.0 Å². The minimum atomic E-state index is -0.249. The molecule has 2 rings (SSSR count). The topological polar surface area (TPSA) is 52.6 Å². The number of carbonyl (C=O) groups is 2. The summed E-state index contributed by atoms with van der Waals surface area (Å²) in [7, 11) is 2.77. The molecule has 0 atom stereocenters. The molecule has 4 heteroatoms. The van der Waals surface area contributed by atoms with Crippen molar-refractivity contribution < 1.29 is 19.1 Å². The Morgan fingerprint density at radius 2 is 1.23 bits per heavy atom. The summed E-state index contributed by atoms with van der Waals surface area (Å²) in [6.07, 6.45) is 2.17. The molecule has 0 aromatic heterocycles. The molecule has 4 nitrogen and oxygen atoms in total. The number of ether oxygens (including phenoxy) is 2. The molecule has 2 aromatic carbocycles. The van der Waals surface area contributed by atoms with Gasteiger partial charge in [0.15, 0.2) is 0 Å². The number of methoxy groups -OCH3 is 2. The lowest BCUT2D eigenvalue weighted by Crippen LogP contribution is -2.04. The number of benzene rings is 2. The molecule has 134 valence electrons. The molecule has 0 spiro atoms. The Morgan fingerprint density at radius 3 is 1.73 bits per heavy atom. The van der Waals surface area contributed by atoms with Crippen LogP contribution in [-0.4, -0.2) is 26.2 Å². The van der Waals surface area contributed by atoms with Crippen LogP contribution in [0.5, 0.6) is 0 Å². The second kappa shape index (κ2) is 10.0. The van der Waals surface area contributed by atoms with Gasteiger partial charge in [-0.15, -0.1) is 0 Å². The minimum Gasteiger partial charge on any atom is -0.469 e. The molecular formula is C22H22O4. The van der Waals surface area contributed by atoms with Gasteiger partial charge in [0.1, 0.15) is 0 Å². The van der Waals surface area contributed by atoms with Crippen LogP contribution in [0.25, 0.3) is 0 Å². The number of aryl methyl sites for hydroxylation is 1. The molecule has 2 aromatic rings. The number of esters is 2. The Kier molecular flexibility index (Phi) is 7.45. The highest BCUT2D eigenvalue weighted by molar-refractivity contribution is 5.72. The van der Waals surface area contributed by atoms with E-state index in [1.807, 2.05) is 48.5 Å². The Morgan fingerprint density at radius 1 is 0.769 bits per heavy atom. The van der Waals surface area contributed by atoms with Crippen LogP contribution in [0.2, 0.25) is 0 Å². The number of hydrogen-bond acceptors (Lipinski definition) is 4. The van der Waals surface area contributed by atoms with Crippen LogP contribution >= 0.6 is 0 Å². The lowest BCUT2D eigenvalue weighted by molar-refractivity contribution is -0.140. The van der Waals surface area contributed by atoms with Gasteiger partial charge < -0.3 is 9.47 Å². The summed E-state index contributed by atoms with van der Waals surface area (Å²) in [4.78, 5) is 22.5. The third-order valence-corrected chi connectivity index (χ3v) is 3.90. The van der Waals surface area contributed by atoms with Crippen molar-refractivity contribution in [3.05, 3.63) is 70.8 Å². The summed E-state index contributed by atoms with van der Waals surface area (Å²) in [6, 6.07) is 15.5. The lowest BCUT2D eigenvalue weighted by atomic mass is 10.1. The van der Waals surface area contributed by atoms with Gasteiger partial charge in [0.05, 0.1) is 27.1 Å². The zero-order chi connectivity index (χ0) is 18.8. The number of rotatable bonds is 6. The lowest BCUT2D eigenvalue weighted by Gasteiger charge is -2.02. The summed E-state index contributed by atoms with van der Waals surface area (Å²) in [5, 5.41) is 0. The summed E-state index contributed by atoms with van der Waals surface area (Å²) < 4.78 is 9.31. The molecule has 0 saturated carbocycles. The Balaban J connectivity index is 1.82. The fourth-order valence-corrected chi connectivity index (χ4v) is 2.38. The molecular weight excluding hydrogens is 328 g/mol. The van der Waals surface area contributed by atoms with E-state index in [2.05, 4.69) is 21.3 Å². The minimum absolute atomic E-state index is 0.235. The molecule has 0 saturated heterocycles. The monoisotopic (exact) mass is 350 g/mol. The van der Waals surface area contributed by atoms with E-state index in [0.29, 0.717) is 6.42 Å². The first kappa shape index (κ1) is 19.3. The molecule has 0 N–H and O–H groups in total. The van der Waals surface area contributed by atoms with Crippen molar-refractivity contribution in [1.29, 1.82) is 0 Å². The van der Waals surface area contributed by atoms with E-state index in [-0.39, 0.29) is 18.4 Å². The standard InChI is InChI=1S/C22H22O4/c1-25-21(23)15-19-11-7-17(8-12-19)5-3-4-6-18-9-13-20(14-10-18)16-22(24)26-2/h7-14H,3,5,15-16H2,1-2H3. The highest BCUT2D eigenvalue weighted by Gasteiger charge is 2.03. The van der Waals surface area contributed by atoms with Gasteiger partial charge in [0.2, 0.25) is 0 Å². The van der Waals surface area contributed by atoms with Gasteiger partial charge in [-0.1, -0.05) is 48.2 Å². The largest absolute Gasteiger partial charge is 0.469 e. The van der Waals surface area contributed by atoms with E-state index in [1.54, 1.807) is 0 Å². The van der Waals surface area contributed by atoms with Gasteiger partial charge in [0.25, 0.3) is 0 Å². The van der Waals surface area contributed by atoms with Crippen LogP contribution in [0.1, 0.15) is 28.7 Å². The normalized spacial score (nSPS) is 9.77. The van der Waals surface area contributed by atoms with Gasteiger partial charge in [-0.3, -0.25) is 9.59 Å². The fraction of sp³-hybridized carbons (Fsp3) is 0.273. The van der Waals surface area contributed by atoms with E-state index in [9.17, 15) is 9.59 Å². The van der Waals surface area contributed by atoms with E-state index < -0.39 is 0 Å². The van der Waals surface area contributed by atoms with Crippen molar-refractivity contribution in [1.82, 2.24) is 0 Å². The average molecular weight is 350 g/mol. The third kappa shape index (κ3) is 6.45. The first-order chi connectivity index (χ1) is 12.6. The molecule has 0 aliphatic rings. The molecule has 0 heterocycles. The SMILES string of the molecule is COC(=O)Cc1ccc(C#CCCc2ccc(CC(=O)OC)cc2)cc1. The molecule has 0 fully saturated rings. The summed E-state index contributed by atoms with van der Waals surface area (Å²) in [5.74, 6) is 5.81. The average Bonchev–Trinajstić information content (AvgIpc) is 2.67. The maximum absolute atomic E-state index is 11.2. The van der Waals surface area contributed by atoms with Gasteiger partial charge in [-0.25, -0.2) is 0 Å². The van der Waals surface area contributed by atoms with E-state index >= 15 is 0 Å². The quantitative estimate of drug-likeness (QED) is 0.593. The number of hydrogen-bond donors (Lipinski definition) is 0. The van der Waals surface area contributed by atoms with Crippen molar-refractivity contribution in [3.63, 3.8) is 0 Å². The maximum atomic E-state index is 11.2. The molecule has 0 bridgehead atoms. The van der Waals surface area contributed by atoms with Crippen molar-refractivity contribution in [3.8, 4) is 11.8 Å². The van der Waals surface area contributed by atoms with Crippen molar-refractivity contribution in [2.45, 2.75) is 25.7 Å². The van der Waals surface area contributed by atoms with Gasteiger partial charge in [-0.2, -0.15) is 0 Å². The molecule has 0 aliphatic heterocycles. The first-order valence-corrected chi connectivity index (χ1v) is 8.40. The Bertz CT molecular complexity index is 793. The zero-order valence-electron chi connectivity index (χ0n) is 15.1. The zero-order valence-corrected chi connectivity index (χ0v) is 15.1. The number of carbonyl (C=O) groups excluding carboxylic acids is 2. The molecule has 0 amide bonds. The van der Waals surface area contributed by atoms with E-state index in [4.69, 9.17) is 0 Å². The maximum Gasteiger partial charge on any atom is 0.309 e. The predicted octanol–water partition coefficient (Wildman–Crippen LogP) is 3.10. The molecule has 0 unspecified atom stereocenters. The van der Waals surface area contributed by atoms with Crippen molar-refractivity contribution in [2.24, 2.45) is 0 Å². The highest BCUT2D eigenvalue weighted by atomic mass is 16.5. The second-order valence-corrected chi connectivity index (χ2v) is 5.82. The fourth-order valence-electron chi connectivity index (χ4n) is 2.38. The Labute approximate surface area is 154 Å². The van der Waals surface area contributed by atoms with Crippen LogP contribution < -0.4 is 0 Å². The van der Waals surface area contributed by atoms with Crippen LogP contribution in [0.15, 0.2) is 48.5 Å². The van der Waals surface area contributed by atoms with Crippen LogP contribution in [-0.2, 0) is 38.3 Å². The van der Waals surface area contributed by atoms with Crippen LogP contribution in [0.3, 0.4) is 0 Å². The molecule has 0 aliphatic carbocycles. The van der Waals surface area contributed by atoms with Crippen molar-refractivity contribution >= 4 is 11.9 Å².